The van der Waals surface area contributed by atoms with Gasteiger partial charge >= 0.3 is 5.97 Å². The van der Waals surface area contributed by atoms with Crippen LogP contribution in [0.2, 0.25) is 0 Å². The molecule has 37 heavy (non-hydrogen) atoms. The third kappa shape index (κ3) is 4.51. The lowest BCUT2D eigenvalue weighted by Gasteiger charge is -2.18. The van der Waals surface area contributed by atoms with Crippen LogP contribution >= 0.6 is 0 Å². The van der Waals surface area contributed by atoms with E-state index in [0.717, 1.165) is 11.6 Å². The molecular formula is C26H25N5O6. The number of aromatic nitrogens is 3. The van der Waals surface area contributed by atoms with Crippen LogP contribution in [-0.4, -0.2) is 37.4 Å². The molecule has 0 saturated carbocycles. The maximum atomic E-state index is 13.4. The van der Waals surface area contributed by atoms with Crippen LogP contribution < -0.4 is 11.0 Å². The second-order valence-electron chi connectivity index (χ2n) is 8.78. The van der Waals surface area contributed by atoms with Crippen molar-refractivity contribution in [2.24, 2.45) is 4.99 Å². The van der Waals surface area contributed by atoms with E-state index in [1.54, 1.807) is 40.0 Å². The van der Waals surface area contributed by atoms with E-state index < -0.39 is 22.4 Å². The van der Waals surface area contributed by atoms with Gasteiger partial charge in [-0.1, -0.05) is 12.1 Å². The molecule has 0 aliphatic heterocycles. The van der Waals surface area contributed by atoms with Crippen molar-refractivity contribution in [1.82, 2.24) is 14.0 Å². The smallest absolute Gasteiger partial charge is 0.341 e. The number of amides is 1. The largest absolute Gasteiger partial charge is 0.462 e. The molecule has 4 aromatic rings. The molecule has 4 rings (SSSR count). The average Bonchev–Trinajstić information content (AvgIpc) is 2.84. The summed E-state index contributed by atoms with van der Waals surface area (Å²) in [5.41, 5.74) is 1.02. The zero-order valence-electron chi connectivity index (χ0n) is 21.0. The minimum absolute atomic E-state index is 0.0232. The summed E-state index contributed by atoms with van der Waals surface area (Å²) in [6, 6.07) is 8.53. The molecule has 3 aromatic heterocycles. The maximum absolute atomic E-state index is 13.4. The molecule has 0 radical (unpaired) electrons. The van der Waals surface area contributed by atoms with Crippen LogP contribution in [0.1, 0.15) is 58.7 Å². The molecule has 3 heterocycles. The van der Waals surface area contributed by atoms with E-state index in [0.29, 0.717) is 11.2 Å². The first-order chi connectivity index (χ1) is 17.5. The predicted octanol–water partition coefficient (Wildman–Crippen LogP) is 3.67. The van der Waals surface area contributed by atoms with Gasteiger partial charge in [-0.3, -0.25) is 24.1 Å². The second-order valence-corrected chi connectivity index (χ2v) is 8.78. The lowest BCUT2D eigenvalue weighted by molar-refractivity contribution is -0.385. The number of ether oxygens (including phenoxy) is 1. The Bertz CT molecular complexity index is 1730. The SMILES string of the molecule is CCOC(=O)c1cc2c(=O)n3cccc(C)c3nc2n(C(C)C)c1=NC(=O)c1ccc(C)c([N+](=O)[O-])c1. The normalized spacial score (nSPS) is 11.9. The van der Waals surface area contributed by atoms with Crippen molar-refractivity contribution in [3.8, 4) is 0 Å². The number of nitrogens with zero attached hydrogens (tertiary/aromatic N) is 5. The summed E-state index contributed by atoms with van der Waals surface area (Å²) in [4.78, 5) is 59.4. The predicted molar refractivity (Wildman–Crippen MR) is 136 cm³/mol. The van der Waals surface area contributed by atoms with Crippen molar-refractivity contribution in [3.63, 3.8) is 0 Å². The Morgan fingerprint density at radius 2 is 1.86 bits per heavy atom. The van der Waals surface area contributed by atoms with Crippen molar-refractivity contribution in [1.29, 1.82) is 0 Å². The third-order valence-corrected chi connectivity index (χ3v) is 5.92. The number of nitro benzene ring substituents is 1. The quantitative estimate of drug-likeness (QED) is 0.175. The Morgan fingerprint density at radius 1 is 1.14 bits per heavy atom. The van der Waals surface area contributed by atoms with Crippen molar-refractivity contribution in [3.05, 3.63) is 90.8 Å². The van der Waals surface area contributed by atoms with Gasteiger partial charge in [0.15, 0.2) is 5.49 Å². The summed E-state index contributed by atoms with van der Waals surface area (Å²) in [5, 5.41) is 11.5. The molecule has 0 fully saturated rings. The number of nitro groups is 1. The lowest BCUT2D eigenvalue weighted by atomic mass is 10.1. The first-order valence-corrected chi connectivity index (χ1v) is 11.6. The highest BCUT2D eigenvalue weighted by Crippen LogP contribution is 2.20. The summed E-state index contributed by atoms with van der Waals surface area (Å²) in [6.07, 6.45) is 1.59. The third-order valence-electron chi connectivity index (χ3n) is 5.92. The van der Waals surface area contributed by atoms with Gasteiger partial charge in [-0.15, -0.1) is 0 Å². The number of aryl methyl sites for hydroxylation is 2. The fourth-order valence-electron chi connectivity index (χ4n) is 4.11. The minimum Gasteiger partial charge on any atom is -0.462 e. The number of rotatable bonds is 5. The van der Waals surface area contributed by atoms with Gasteiger partial charge in [0.1, 0.15) is 16.9 Å². The number of carbonyl (C=O) groups is 2. The molecule has 1 aromatic carbocycles. The van der Waals surface area contributed by atoms with Gasteiger partial charge in [0.2, 0.25) is 0 Å². The number of carbonyl (C=O) groups excluding carboxylic acids is 2. The first kappa shape index (κ1) is 25.4. The Morgan fingerprint density at radius 3 is 2.51 bits per heavy atom. The van der Waals surface area contributed by atoms with Crippen LogP contribution in [0.15, 0.2) is 52.4 Å². The zero-order chi connectivity index (χ0) is 27.0. The molecule has 0 spiro atoms. The summed E-state index contributed by atoms with van der Waals surface area (Å²) < 4.78 is 8.14. The molecule has 1 amide bonds. The Kier molecular flexibility index (Phi) is 6.71. The van der Waals surface area contributed by atoms with Crippen LogP contribution in [0.25, 0.3) is 16.7 Å². The highest BCUT2D eigenvalue weighted by Gasteiger charge is 2.22. The van der Waals surface area contributed by atoms with E-state index >= 15 is 0 Å². The van der Waals surface area contributed by atoms with Gasteiger partial charge in [-0.2, -0.15) is 4.99 Å². The van der Waals surface area contributed by atoms with Crippen molar-refractivity contribution < 1.29 is 19.2 Å². The summed E-state index contributed by atoms with van der Waals surface area (Å²) in [7, 11) is 0. The van der Waals surface area contributed by atoms with Gasteiger partial charge in [0.05, 0.1) is 16.9 Å². The van der Waals surface area contributed by atoms with Crippen LogP contribution in [0.4, 0.5) is 5.69 Å². The first-order valence-electron chi connectivity index (χ1n) is 11.6. The van der Waals surface area contributed by atoms with E-state index in [-0.39, 0.29) is 46.0 Å². The van der Waals surface area contributed by atoms with E-state index in [1.807, 2.05) is 13.0 Å². The van der Waals surface area contributed by atoms with E-state index in [1.165, 1.54) is 27.2 Å². The van der Waals surface area contributed by atoms with E-state index in [9.17, 15) is 24.5 Å². The van der Waals surface area contributed by atoms with Crippen LogP contribution in [0, 0.1) is 24.0 Å². The van der Waals surface area contributed by atoms with Gasteiger partial charge < -0.3 is 9.30 Å². The van der Waals surface area contributed by atoms with Crippen LogP contribution in [-0.2, 0) is 4.74 Å². The molecule has 0 unspecified atom stereocenters. The number of hydrogen-bond donors (Lipinski definition) is 0. The molecule has 11 heteroatoms. The Labute approximate surface area is 210 Å². The Hall–Kier alpha value is -4.67. The molecule has 0 atom stereocenters. The van der Waals surface area contributed by atoms with Gasteiger partial charge in [0, 0.05) is 29.4 Å². The van der Waals surface area contributed by atoms with Crippen molar-refractivity contribution in [2.75, 3.05) is 6.61 Å². The fraction of sp³-hybridized carbons (Fsp3) is 0.269. The van der Waals surface area contributed by atoms with Gasteiger partial charge in [-0.25, -0.2) is 9.78 Å². The number of pyridine rings is 2. The fourth-order valence-corrected chi connectivity index (χ4v) is 4.11. The number of fused-ring (bicyclic) bond motifs is 2. The molecule has 0 saturated heterocycles. The summed E-state index contributed by atoms with van der Waals surface area (Å²) >= 11 is 0. The molecule has 0 aliphatic rings. The highest BCUT2D eigenvalue weighted by atomic mass is 16.6. The molecule has 190 valence electrons. The molecule has 0 aliphatic carbocycles. The van der Waals surface area contributed by atoms with Crippen molar-refractivity contribution >= 4 is 34.2 Å². The number of hydrogen-bond acceptors (Lipinski definition) is 7. The van der Waals surface area contributed by atoms with Gasteiger partial charge in [0.25, 0.3) is 17.2 Å². The molecule has 0 bridgehead atoms. The zero-order valence-corrected chi connectivity index (χ0v) is 21.0. The summed E-state index contributed by atoms with van der Waals surface area (Å²) in [6.45, 7) is 8.68. The van der Waals surface area contributed by atoms with Crippen LogP contribution in [0.5, 0.6) is 0 Å². The highest BCUT2D eigenvalue weighted by molar-refractivity contribution is 5.97. The standard InChI is InChI=1S/C26H25N5O6/c1-6-37-26(34)19-13-18-22(27-21-16(5)8-7-11-29(21)25(18)33)30(14(2)3)23(19)28-24(32)17-10-9-15(4)20(12-17)31(35)36/h7-14H,6H2,1-5H3. The topological polar surface area (TPSA) is 138 Å². The van der Waals surface area contributed by atoms with Crippen LogP contribution in [0.3, 0.4) is 0 Å². The lowest BCUT2D eigenvalue weighted by Crippen LogP contribution is -2.33. The summed E-state index contributed by atoms with van der Waals surface area (Å²) in [5.74, 6) is -1.56. The van der Waals surface area contributed by atoms with Gasteiger partial charge in [-0.05, 0) is 58.4 Å². The second kappa shape index (κ2) is 9.76. The number of benzene rings is 1. The van der Waals surface area contributed by atoms with E-state index in [4.69, 9.17) is 9.72 Å². The maximum Gasteiger partial charge on any atom is 0.341 e. The molecule has 11 nitrogen and oxygen atoms in total. The minimum atomic E-state index is -0.795. The van der Waals surface area contributed by atoms with E-state index in [2.05, 4.69) is 4.99 Å². The van der Waals surface area contributed by atoms with Crippen molar-refractivity contribution in [2.45, 2.75) is 40.7 Å². The Balaban J connectivity index is 2.13. The monoisotopic (exact) mass is 503 g/mol. The molecule has 0 N–H and O–H groups in total. The molecular weight excluding hydrogens is 478 g/mol. The average molecular weight is 504 g/mol. The number of esters is 1.